The van der Waals surface area contributed by atoms with Crippen molar-refractivity contribution in [3.05, 3.63) is 29.3 Å². The van der Waals surface area contributed by atoms with Crippen molar-refractivity contribution in [2.75, 3.05) is 5.32 Å². The second-order valence-corrected chi connectivity index (χ2v) is 3.54. The van der Waals surface area contributed by atoms with Crippen molar-refractivity contribution in [3.63, 3.8) is 0 Å². The van der Waals surface area contributed by atoms with Gasteiger partial charge in [-0.1, -0.05) is 11.6 Å². The minimum Gasteiger partial charge on any atom is -0.376 e. The second-order valence-electron chi connectivity index (χ2n) is 2.22. The third-order valence-corrected chi connectivity index (χ3v) is 1.47. The summed E-state index contributed by atoms with van der Waals surface area (Å²) < 4.78 is 1.89. The second kappa shape index (κ2) is 8.04. The van der Waals surface area contributed by atoms with E-state index in [4.69, 9.17) is 22.6 Å². The summed E-state index contributed by atoms with van der Waals surface area (Å²) in [4.78, 5) is 0. The first-order chi connectivity index (χ1) is 6.60. The standard InChI is InChI=1S/C7H7ClN2S.CN.Na/c8-5-1-3-6(4-2-5)10-7(9)11;1-2;/h1-4H,(H3,9,10,11);;. The Bertz CT molecular complexity index is 333. The molecule has 1 aromatic rings. The first-order valence-electron chi connectivity index (χ1n) is 3.73. The molecule has 0 fully saturated rings. The maximum atomic E-state index is 7.38. The number of nitrogens with zero attached hydrogens (tertiary/aromatic N) is 1. The number of anilines is 1. The molecule has 0 unspecified atom stereocenters. The Hall–Kier alpha value is -0.310. The molecular formula is C8H7ClN3NaS. The fourth-order valence-corrected chi connectivity index (χ4v) is 0.919. The first-order valence-corrected chi connectivity index (χ1v) is 5.51. The van der Waals surface area contributed by atoms with E-state index in [1.165, 1.54) is 0 Å². The smallest absolute Gasteiger partial charge is 0.168 e. The van der Waals surface area contributed by atoms with Gasteiger partial charge in [0.25, 0.3) is 0 Å². The molecular weight excluding hydrogens is 229 g/mol. The molecule has 0 aliphatic heterocycles. The number of nitrogens with two attached hydrogens (primary N) is 1. The van der Waals surface area contributed by atoms with Crippen LogP contribution in [0.2, 0.25) is 5.02 Å². The summed E-state index contributed by atoms with van der Waals surface area (Å²) in [7, 11) is 0. The van der Waals surface area contributed by atoms with Crippen molar-refractivity contribution in [1.82, 2.24) is 0 Å². The van der Waals surface area contributed by atoms with Crippen LogP contribution in [0.15, 0.2) is 24.3 Å². The molecule has 0 atom stereocenters. The van der Waals surface area contributed by atoms with Crippen molar-refractivity contribution in [2.24, 2.45) is 5.73 Å². The Balaban J connectivity index is 0.000000500. The van der Waals surface area contributed by atoms with Gasteiger partial charge in [-0.2, -0.15) is 0 Å². The van der Waals surface area contributed by atoms with Gasteiger partial charge in [0.15, 0.2) is 5.11 Å². The average Bonchev–Trinajstić information content (AvgIpc) is 2.09. The van der Waals surface area contributed by atoms with Crippen LogP contribution >= 0.6 is 23.8 Å². The van der Waals surface area contributed by atoms with Crippen LogP contribution < -0.4 is 11.1 Å². The Morgan fingerprint density at radius 3 is 2.29 bits per heavy atom. The number of hydrogen-bond donors (Lipinski definition) is 2. The summed E-state index contributed by atoms with van der Waals surface area (Å²) in [6, 6.07) is 7.15. The molecule has 6 heteroatoms. The van der Waals surface area contributed by atoms with E-state index < -0.39 is 0 Å². The molecule has 14 heavy (non-hydrogen) atoms. The van der Waals surface area contributed by atoms with E-state index in [9.17, 15) is 0 Å². The molecule has 1 aromatic carbocycles. The molecule has 0 saturated carbocycles. The van der Waals surface area contributed by atoms with Crippen LogP contribution in [0.4, 0.5) is 5.69 Å². The van der Waals surface area contributed by atoms with Gasteiger partial charge < -0.3 is 11.1 Å². The van der Waals surface area contributed by atoms with Crippen molar-refractivity contribution >= 4 is 62.5 Å². The largest absolute Gasteiger partial charge is 0.376 e. The fourth-order valence-electron chi connectivity index (χ4n) is 0.675. The minimum atomic E-state index is 0.257. The monoisotopic (exact) mass is 235 g/mol. The SMILES string of the molecule is N#[C][Na].NC(=S)Nc1ccc(Cl)cc1. The zero-order chi connectivity index (χ0) is 11.0. The molecule has 0 aliphatic carbocycles. The van der Waals surface area contributed by atoms with Crippen LogP contribution in [0.3, 0.4) is 0 Å². The number of benzene rings is 1. The molecule has 0 heterocycles. The molecule has 0 amide bonds. The molecule has 68 valence electrons. The minimum absolute atomic E-state index is 0.257. The van der Waals surface area contributed by atoms with Crippen molar-refractivity contribution < 1.29 is 0 Å². The van der Waals surface area contributed by atoms with Crippen molar-refractivity contribution in [3.8, 4) is 3.32 Å². The van der Waals surface area contributed by atoms with E-state index in [-0.39, 0.29) is 5.11 Å². The number of nitriles is 1. The van der Waals surface area contributed by atoms with Crippen LogP contribution in [0.5, 0.6) is 0 Å². The Labute approximate surface area is 111 Å². The maximum Gasteiger partial charge on any atom is 0.168 e. The van der Waals surface area contributed by atoms with Gasteiger partial charge in [0.05, 0.1) is 0 Å². The summed E-state index contributed by atoms with van der Waals surface area (Å²) in [6.07, 6.45) is 0. The molecule has 0 aliphatic rings. The number of halogens is 1. The maximum absolute atomic E-state index is 7.38. The first kappa shape index (κ1) is 13.7. The van der Waals surface area contributed by atoms with Crippen LogP contribution in [-0.4, -0.2) is 33.0 Å². The van der Waals surface area contributed by atoms with Crippen LogP contribution in [-0.2, 0) is 0 Å². The predicted molar refractivity (Wildman–Crippen MR) is 63.2 cm³/mol. The Kier molecular flexibility index (Phi) is 7.86. The molecule has 0 radical (unpaired) electrons. The van der Waals surface area contributed by atoms with Gasteiger partial charge in [-0.3, -0.25) is 0 Å². The van der Waals surface area contributed by atoms with Gasteiger partial charge in [0.1, 0.15) is 0 Å². The van der Waals surface area contributed by atoms with Gasteiger partial charge in [0, 0.05) is 10.7 Å². The van der Waals surface area contributed by atoms with Crippen molar-refractivity contribution in [2.45, 2.75) is 0 Å². The van der Waals surface area contributed by atoms with Gasteiger partial charge in [0.2, 0.25) is 0 Å². The van der Waals surface area contributed by atoms with Crippen LogP contribution in [0, 0.1) is 8.58 Å². The summed E-state index contributed by atoms with van der Waals surface area (Å²) in [6.45, 7) is 0. The number of hydrogen-bond acceptors (Lipinski definition) is 2. The van der Waals surface area contributed by atoms with Crippen molar-refractivity contribution in [1.29, 1.82) is 5.26 Å². The summed E-state index contributed by atoms with van der Waals surface area (Å²) in [5.74, 6) is 0. The quantitative estimate of drug-likeness (QED) is 0.574. The van der Waals surface area contributed by atoms with E-state index in [0.29, 0.717) is 33.0 Å². The van der Waals surface area contributed by atoms with Gasteiger partial charge >= 0.3 is 36.5 Å². The van der Waals surface area contributed by atoms with Gasteiger partial charge in [-0.05, 0) is 36.5 Å². The zero-order valence-corrected chi connectivity index (χ0v) is 11.2. The number of thiocarbonyl (C=S) groups is 1. The summed E-state index contributed by atoms with van der Waals surface area (Å²) >= 11 is 11.0. The summed E-state index contributed by atoms with van der Waals surface area (Å²) in [5.41, 5.74) is 6.10. The number of rotatable bonds is 1. The van der Waals surface area contributed by atoms with Gasteiger partial charge in [-0.25, -0.2) is 0 Å². The predicted octanol–water partition coefficient (Wildman–Crippen LogP) is 1.63. The molecule has 0 saturated heterocycles. The Morgan fingerprint density at radius 1 is 1.50 bits per heavy atom. The van der Waals surface area contributed by atoms with E-state index in [0.717, 1.165) is 5.69 Å². The fraction of sp³-hybridized carbons (Fsp3) is 0. The van der Waals surface area contributed by atoms with E-state index >= 15 is 0 Å². The molecule has 3 N–H and O–H groups in total. The third kappa shape index (κ3) is 7.13. The topological polar surface area (TPSA) is 61.8 Å². The van der Waals surface area contributed by atoms with E-state index in [1.54, 1.807) is 12.1 Å². The van der Waals surface area contributed by atoms with E-state index in [1.807, 2.05) is 15.5 Å². The molecule has 0 spiro atoms. The molecule has 3 nitrogen and oxygen atoms in total. The number of nitrogens with one attached hydrogen (secondary N) is 1. The molecule has 1 rings (SSSR count). The van der Waals surface area contributed by atoms with Crippen LogP contribution in [0.1, 0.15) is 0 Å². The Morgan fingerprint density at radius 2 is 1.93 bits per heavy atom. The normalized spacial score (nSPS) is 7.86. The molecule has 0 bridgehead atoms. The van der Waals surface area contributed by atoms with Crippen LogP contribution in [0.25, 0.3) is 0 Å². The van der Waals surface area contributed by atoms with Gasteiger partial charge in [-0.15, -0.1) is 0 Å². The third-order valence-electron chi connectivity index (χ3n) is 1.11. The van der Waals surface area contributed by atoms with E-state index in [2.05, 4.69) is 17.5 Å². The average molecular weight is 236 g/mol. The molecule has 0 aromatic heterocycles. The zero-order valence-electron chi connectivity index (χ0n) is 7.62. The summed E-state index contributed by atoms with van der Waals surface area (Å²) in [5, 5.41) is 11.1.